The molecule has 0 spiro atoms. The van der Waals surface area contributed by atoms with Crippen LogP contribution in [0.3, 0.4) is 0 Å². The Balaban J connectivity index is 2.12. The van der Waals surface area contributed by atoms with E-state index in [1.807, 2.05) is 24.3 Å². The fraction of sp³-hybridized carbons (Fsp3) is 0.267. The van der Waals surface area contributed by atoms with Crippen LogP contribution in [0.5, 0.6) is 11.6 Å². The smallest absolute Gasteiger partial charge is 0.239 e. The number of rotatable bonds is 5. The number of aromatic nitrogens is 1. The summed E-state index contributed by atoms with van der Waals surface area (Å²) >= 11 is 17.7. The molecule has 0 saturated heterocycles. The molecular formula is C15H14Cl3NO. The van der Waals surface area contributed by atoms with E-state index >= 15 is 0 Å². The van der Waals surface area contributed by atoms with Crippen molar-refractivity contribution < 1.29 is 4.74 Å². The number of halogens is 3. The topological polar surface area (TPSA) is 22.1 Å². The molecule has 0 N–H and O–H groups in total. The highest BCUT2D eigenvalue weighted by molar-refractivity contribution is 6.42. The second-order valence-corrected chi connectivity index (χ2v) is 5.57. The Morgan fingerprint density at radius 1 is 1.05 bits per heavy atom. The van der Waals surface area contributed by atoms with Crippen molar-refractivity contribution in [1.82, 2.24) is 4.98 Å². The summed E-state index contributed by atoms with van der Waals surface area (Å²) in [4.78, 5) is 4.02. The highest BCUT2D eigenvalue weighted by atomic mass is 35.5. The van der Waals surface area contributed by atoms with Gasteiger partial charge in [0.15, 0.2) is 5.15 Å². The van der Waals surface area contributed by atoms with Gasteiger partial charge in [-0.15, -0.1) is 0 Å². The Kier molecular flexibility index (Phi) is 5.53. The minimum atomic E-state index is 0.172. The second-order valence-electron chi connectivity index (χ2n) is 4.40. The molecule has 1 aromatic carbocycles. The summed E-state index contributed by atoms with van der Waals surface area (Å²) in [5.41, 5.74) is 1.28. The maximum Gasteiger partial charge on any atom is 0.239 e. The molecule has 5 heteroatoms. The van der Waals surface area contributed by atoms with Crippen LogP contribution < -0.4 is 4.74 Å². The minimum absolute atomic E-state index is 0.172. The summed E-state index contributed by atoms with van der Waals surface area (Å²) in [6, 6.07) is 9.38. The first-order valence-corrected chi connectivity index (χ1v) is 7.52. The van der Waals surface area contributed by atoms with E-state index in [-0.39, 0.29) is 11.0 Å². The molecule has 2 rings (SSSR count). The Bertz CT molecular complexity index is 584. The zero-order valence-corrected chi connectivity index (χ0v) is 13.3. The monoisotopic (exact) mass is 329 g/mol. The third kappa shape index (κ3) is 4.02. The Labute approximate surface area is 133 Å². The van der Waals surface area contributed by atoms with Crippen molar-refractivity contribution in [2.24, 2.45) is 0 Å². The number of unbranched alkanes of at least 4 members (excludes halogenated alkanes) is 1. The lowest BCUT2D eigenvalue weighted by atomic mass is 10.1. The van der Waals surface area contributed by atoms with E-state index in [1.54, 1.807) is 0 Å². The summed E-state index contributed by atoms with van der Waals surface area (Å²) in [5, 5.41) is 0.805. The van der Waals surface area contributed by atoms with Crippen molar-refractivity contribution in [3.05, 3.63) is 51.1 Å². The lowest BCUT2D eigenvalue weighted by molar-refractivity contribution is 0.463. The predicted octanol–water partition coefficient (Wildman–Crippen LogP) is 6.18. The molecule has 2 nitrogen and oxygen atoms in total. The van der Waals surface area contributed by atoms with Crippen LogP contribution in [0.15, 0.2) is 30.3 Å². The maximum atomic E-state index is 6.02. The molecule has 0 radical (unpaired) electrons. The molecule has 0 saturated carbocycles. The molecule has 106 valence electrons. The van der Waals surface area contributed by atoms with Crippen molar-refractivity contribution in [2.45, 2.75) is 26.2 Å². The summed E-state index contributed by atoms with van der Waals surface area (Å²) in [6.07, 6.45) is 3.43. The summed E-state index contributed by atoms with van der Waals surface area (Å²) in [5.74, 6) is 0.917. The zero-order valence-electron chi connectivity index (χ0n) is 11.0. The van der Waals surface area contributed by atoms with Gasteiger partial charge in [0, 0.05) is 0 Å². The van der Waals surface area contributed by atoms with Gasteiger partial charge in [0.1, 0.15) is 10.8 Å². The van der Waals surface area contributed by atoms with Gasteiger partial charge in [0.25, 0.3) is 0 Å². The molecule has 0 aliphatic carbocycles. The molecule has 1 heterocycles. The van der Waals surface area contributed by atoms with Crippen LogP contribution in [-0.4, -0.2) is 4.98 Å². The van der Waals surface area contributed by atoms with E-state index in [0.29, 0.717) is 15.8 Å². The van der Waals surface area contributed by atoms with Crippen LogP contribution in [0.4, 0.5) is 0 Å². The van der Waals surface area contributed by atoms with Gasteiger partial charge in [-0.25, -0.2) is 0 Å². The van der Waals surface area contributed by atoms with E-state index in [0.717, 1.165) is 6.42 Å². The standard InChI is InChI=1S/C15H14Cl3NO/c1-2-3-4-10-5-7-11(8-6-10)20-15-13(17)9-12(16)14(18)19-15/h5-9H,2-4H2,1H3. The normalized spacial score (nSPS) is 10.6. The average molecular weight is 331 g/mol. The fourth-order valence-corrected chi connectivity index (χ4v) is 2.25. The number of aryl methyl sites for hydroxylation is 1. The highest BCUT2D eigenvalue weighted by Gasteiger charge is 2.10. The van der Waals surface area contributed by atoms with Gasteiger partial charge in [-0.1, -0.05) is 60.3 Å². The van der Waals surface area contributed by atoms with Gasteiger partial charge < -0.3 is 4.74 Å². The molecule has 20 heavy (non-hydrogen) atoms. The van der Waals surface area contributed by atoms with Gasteiger partial charge >= 0.3 is 0 Å². The summed E-state index contributed by atoms with van der Waals surface area (Å²) in [7, 11) is 0. The average Bonchev–Trinajstić information content (AvgIpc) is 2.44. The number of hydrogen-bond donors (Lipinski definition) is 0. The molecule has 0 fully saturated rings. The molecule has 0 atom stereocenters. The third-order valence-corrected chi connectivity index (χ3v) is 3.76. The first-order chi connectivity index (χ1) is 9.60. The lowest BCUT2D eigenvalue weighted by Gasteiger charge is -2.08. The van der Waals surface area contributed by atoms with Crippen molar-refractivity contribution in [2.75, 3.05) is 0 Å². The number of hydrogen-bond acceptors (Lipinski definition) is 2. The van der Waals surface area contributed by atoms with E-state index in [4.69, 9.17) is 39.5 Å². The molecule has 0 aliphatic rings. The largest absolute Gasteiger partial charge is 0.437 e. The van der Waals surface area contributed by atoms with Gasteiger partial charge in [0.2, 0.25) is 5.88 Å². The molecule has 0 bridgehead atoms. The molecular weight excluding hydrogens is 317 g/mol. The van der Waals surface area contributed by atoms with Gasteiger partial charge in [-0.05, 0) is 36.6 Å². The van der Waals surface area contributed by atoms with Crippen molar-refractivity contribution in [3.63, 3.8) is 0 Å². The number of benzene rings is 1. The Hall–Kier alpha value is -0.960. The van der Waals surface area contributed by atoms with E-state index in [1.165, 1.54) is 24.5 Å². The molecule has 0 aliphatic heterocycles. The highest BCUT2D eigenvalue weighted by Crippen LogP contribution is 2.33. The molecule has 0 amide bonds. The first kappa shape index (κ1) is 15.4. The van der Waals surface area contributed by atoms with Gasteiger partial charge in [-0.2, -0.15) is 4.98 Å². The number of ether oxygens (including phenoxy) is 1. The van der Waals surface area contributed by atoms with Crippen LogP contribution in [0.2, 0.25) is 15.2 Å². The predicted molar refractivity (Wildman–Crippen MR) is 84.4 cm³/mol. The Morgan fingerprint density at radius 3 is 2.40 bits per heavy atom. The van der Waals surface area contributed by atoms with Crippen LogP contribution in [0, 0.1) is 0 Å². The first-order valence-electron chi connectivity index (χ1n) is 6.38. The van der Waals surface area contributed by atoms with Crippen molar-refractivity contribution >= 4 is 34.8 Å². The fourth-order valence-electron chi connectivity index (χ4n) is 1.72. The number of pyridine rings is 1. The lowest BCUT2D eigenvalue weighted by Crippen LogP contribution is -1.91. The summed E-state index contributed by atoms with van der Waals surface area (Å²) < 4.78 is 5.62. The van der Waals surface area contributed by atoms with Crippen LogP contribution in [-0.2, 0) is 6.42 Å². The molecule has 1 aromatic heterocycles. The van der Waals surface area contributed by atoms with Crippen molar-refractivity contribution in [3.8, 4) is 11.6 Å². The van der Waals surface area contributed by atoms with Crippen LogP contribution in [0.1, 0.15) is 25.3 Å². The van der Waals surface area contributed by atoms with Crippen molar-refractivity contribution in [1.29, 1.82) is 0 Å². The van der Waals surface area contributed by atoms with Crippen LogP contribution >= 0.6 is 34.8 Å². The second kappa shape index (κ2) is 7.16. The van der Waals surface area contributed by atoms with E-state index in [2.05, 4.69) is 11.9 Å². The van der Waals surface area contributed by atoms with E-state index in [9.17, 15) is 0 Å². The molecule has 2 aromatic rings. The third-order valence-electron chi connectivity index (χ3n) is 2.81. The quantitative estimate of drug-likeness (QED) is 0.611. The summed E-state index contributed by atoms with van der Waals surface area (Å²) in [6.45, 7) is 2.18. The minimum Gasteiger partial charge on any atom is -0.437 e. The van der Waals surface area contributed by atoms with Crippen LogP contribution in [0.25, 0.3) is 0 Å². The van der Waals surface area contributed by atoms with Gasteiger partial charge in [0.05, 0.1) is 5.02 Å². The SMILES string of the molecule is CCCCc1ccc(Oc2nc(Cl)c(Cl)cc2Cl)cc1. The zero-order chi connectivity index (χ0) is 14.5. The van der Waals surface area contributed by atoms with E-state index < -0.39 is 0 Å². The Morgan fingerprint density at radius 2 is 1.75 bits per heavy atom. The maximum absolute atomic E-state index is 6.02. The number of nitrogens with zero attached hydrogens (tertiary/aromatic N) is 1. The van der Waals surface area contributed by atoms with Gasteiger partial charge in [-0.3, -0.25) is 0 Å². The molecule has 0 unspecified atom stereocenters.